The molecular formula is C15H21NO2. The van der Waals surface area contributed by atoms with Gasteiger partial charge in [0.15, 0.2) is 0 Å². The first-order valence-corrected chi connectivity index (χ1v) is 6.28. The molecule has 1 rings (SSSR count). The summed E-state index contributed by atoms with van der Waals surface area (Å²) >= 11 is 0. The molecule has 98 valence electrons. The van der Waals surface area contributed by atoms with E-state index in [1.165, 1.54) is 0 Å². The number of nitrogens with zero attached hydrogens (tertiary/aromatic N) is 1. The number of unbranched alkanes of at least 4 members (excludes halogenated alkanes) is 1. The molecule has 18 heavy (non-hydrogen) atoms. The van der Waals surface area contributed by atoms with Crippen molar-refractivity contribution in [3.8, 4) is 17.6 Å². The van der Waals surface area contributed by atoms with Crippen LogP contribution in [-0.4, -0.2) is 11.7 Å². The maximum atomic E-state index is 9.42. The minimum absolute atomic E-state index is 0.232. The Morgan fingerprint density at radius 3 is 2.61 bits per heavy atom. The highest BCUT2D eigenvalue weighted by molar-refractivity contribution is 5.36. The molecule has 0 spiro atoms. The molecule has 0 aromatic heterocycles. The summed E-state index contributed by atoms with van der Waals surface area (Å²) in [5, 5.41) is 18.3. The Kier molecular flexibility index (Phi) is 5.03. The van der Waals surface area contributed by atoms with Crippen molar-refractivity contribution in [2.45, 2.75) is 40.0 Å². The molecule has 1 aromatic carbocycles. The van der Waals surface area contributed by atoms with Crippen molar-refractivity contribution in [2.24, 2.45) is 5.41 Å². The van der Waals surface area contributed by atoms with Crippen LogP contribution in [0.4, 0.5) is 0 Å². The fraction of sp³-hybridized carbons (Fsp3) is 0.533. The van der Waals surface area contributed by atoms with Gasteiger partial charge in [0.1, 0.15) is 11.5 Å². The third-order valence-electron chi connectivity index (χ3n) is 2.80. The number of ether oxygens (including phenoxy) is 1. The molecule has 0 heterocycles. The van der Waals surface area contributed by atoms with Gasteiger partial charge >= 0.3 is 0 Å². The molecule has 3 nitrogen and oxygen atoms in total. The molecular weight excluding hydrogens is 226 g/mol. The Morgan fingerprint density at radius 1 is 1.28 bits per heavy atom. The fourth-order valence-electron chi connectivity index (χ4n) is 1.73. The standard InChI is InChI=1S/C15H21NO2/c1-12-8-13(17)10-14(9-12)18-7-5-4-6-15(2,3)11-16/h8-10,17H,4-7H2,1-3H3. The van der Waals surface area contributed by atoms with Crippen LogP contribution in [0, 0.1) is 23.7 Å². The Morgan fingerprint density at radius 2 is 2.00 bits per heavy atom. The van der Waals surface area contributed by atoms with E-state index in [0.717, 1.165) is 24.8 Å². The monoisotopic (exact) mass is 247 g/mol. The number of hydrogen-bond acceptors (Lipinski definition) is 3. The molecule has 0 unspecified atom stereocenters. The van der Waals surface area contributed by atoms with Gasteiger partial charge < -0.3 is 9.84 Å². The van der Waals surface area contributed by atoms with Crippen LogP contribution in [0.1, 0.15) is 38.7 Å². The lowest BCUT2D eigenvalue weighted by atomic mass is 9.89. The number of aromatic hydroxyl groups is 1. The minimum Gasteiger partial charge on any atom is -0.508 e. The van der Waals surface area contributed by atoms with Gasteiger partial charge in [0.25, 0.3) is 0 Å². The second-order valence-electron chi connectivity index (χ2n) is 5.31. The van der Waals surface area contributed by atoms with Crippen LogP contribution in [0.2, 0.25) is 0 Å². The van der Waals surface area contributed by atoms with Gasteiger partial charge in [0, 0.05) is 6.07 Å². The molecule has 0 aliphatic heterocycles. The molecule has 0 amide bonds. The Labute approximate surface area is 109 Å². The highest BCUT2D eigenvalue weighted by atomic mass is 16.5. The summed E-state index contributed by atoms with van der Waals surface area (Å²) in [6.07, 6.45) is 2.77. The summed E-state index contributed by atoms with van der Waals surface area (Å²) in [6.45, 7) is 6.44. The van der Waals surface area contributed by atoms with E-state index in [1.807, 2.05) is 26.8 Å². The lowest BCUT2D eigenvalue weighted by Crippen LogP contribution is -2.08. The van der Waals surface area contributed by atoms with Gasteiger partial charge in [-0.25, -0.2) is 0 Å². The van der Waals surface area contributed by atoms with Crippen LogP contribution in [0.3, 0.4) is 0 Å². The van der Waals surface area contributed by atoms with Crippen LogP contribution in [-0.2, 0) is 0 Å². The zero-order valence-electron chi connectivity index (χ0n) is 11.4. The van der Waals surface area contributed by atoms with E-state index in [0.29, 0.717) is 12.4 Å². The van der Waals surface area contributed by atoms with E-state index < -0.39 is 0 Å². The third-order valence-corrected chi connectivity index (χ3v) is 2.80. The summed E-state index contributed by atoms with van der Waals surface area (Å²) in [7, 11) is 0. The molecule has 0 saturated carbocycles. The van der Waals surface area contributed by atoms with Crippen LogP contribution in [0.25, 0.3) is 0 Å². The van der Waals surface area contributed by atoms with Gasteiger partial charge in [-0.3, -0.25) is 0 Å². The zero-order chi connectivity index (χ0) is 13.6. The molecule has 0 saturated heterocycles. The molecule has 0 radical (unpaired) electrons. The number of aryl methyl sites for hydroxylation is 1. The highest BCUT2D eigenvalue weighted by Gasteiger charge is 2.15. The Bertz CT molecular complexity index is 412. The third kappa shape index (κ3) is 5.09. The number of phenolic OH excluding ortho intramolecular Hbond substituents is 1. The second-order valence-corrected chi connectivity index (χ2v) is 5.31. The number of hydrogen-bond donors (Lipinski definition) is 1. The molecule has 0 atom stereocenters. The quantitative estimate of drug-likeness (QED) is 0.778. The van der Waals surface area contributed by atoms with Gasteiger partial charge in [-0.15, -0.1) is 0 Å². The SMILES string of the molecule is Cc1cc(O)cc(OCCCCC(C)(C)C#N)c1. The van der Waals surface area contributed by atoms with Gasteiger partial charge in [-0.1, -0.05) is 0 Å². The lowest BCUT2D eigenvalue weighted by molar-refractivity contribution is 0.293. The Hall–Kier alpha value is -1.69. The molecule has 0 bridgehead atoms. The molecule has 0 fully saturated rings. The van der Waals surface area contributed by atoms with Crippen molar-refractivity contribution in [1.82, 2.24) is 0 Å². The molecule has 0 aliphatic rings. The van der Waals surface area contributed by atoms with Crippen LogP contribution >= 0.6 is 0 Å². The van der Waals surface area contributed by atoms with Crippen molar-refractivity contribution in [2.75, 3.05) is 6.61 Å². The average molecular weight is 247 g/mol. The van der Waals surface area contributed by atoms with Gasteiger partial charge in [0.2, 0.25) is 0 Å². The number of phenols is 1. The van der Waals surface area contributed by atoms with Gasteiger partial charge in [-0.05, 0) is 57.7 Å². The predicted molar refractivity (Wildman–Crippen MR) is 71.6 cm³/mol. The van der Waals surface area contributed by atoms with E-state index in [9.17, 15) is 5.11 Å². The maximum Gasteiger partial charge on any atom is 0.123 e. The number of benzene rings is 1. The normalized spacial score (nSPS) is 11.0. The summed E-state index contributed by atoms with van der Waals surface area (Å²) < 4.78 is 5.57. The predicted octanol–water partition coefficient (Wildman–Crippen LogP) is 3.80. The second kappa shape index (κ2) is 6.30. The van der Waals surface area contributed by atoms with Crippen molar-refractivity contribution in [1.29, 1.82) is 5.26 Å². The summed E-state index contributed by atoms with van der Waals surface area (Å²) in [5.41, 5.74) is 0.734. The first-order valence-electron chi connectivity index (χ1n) is 6.28. The zero-order valence-corrected chi connectivity index (χ0v) is 11.4. The molecule has 1 N–H and O–H groups in total. The van der Waals surface area contributed by atoms with Crippen molar-refractivity contribution in [3.05, 3.63) is 23.8 Å². The van der Waals surface area contributed by atoms with E-state index in [-0.39, 0.29) is 11.2 Å². The lowest BCUT2D eigenvalue weighted by Gasteiger charge is -2.14. The van der Waals surface area contributed by atoms with E-state index in [2.05, 4.69) is 6.07 Å². The highest BCUT2D eigenvalue weighted by Crippen LogP contribution is 2.23. The molecule has 3 heteroatoms. The average Bonchev–Trinajstić information content (AvgIpc) is 2.27. The van der Waals surface area contributed by atoms with Crippen LogP contribution < -0.4 is 4.74 Å². The van der Waals surface area contributed by atoms with Gasteiger partial charge in [-0.2, -0.15) is 5.26 Å². The summed E-state index contributed by atoms with van der Waals surface area (Å²) in [4.78, 5) is 0. The van der Waals surface area contributed by atoms with Gasteiger partial charge in [0.05, 0.1) is 18.1 Å². The largest absolute Gasteiger partial charge is 0.508 e. The number of rotatable bonds is 6. The van der Waals surface area contributed by atoms with Crippen LogP contribution in [0.15, 0.2) is 18.2 Å². The topological polar surface area (TPSA) is 53.2 Å². The van der Waals surface area contributed by atoms with Crippen molar-refractivity contribution in [3.63, 3.8) is 0 Å². The first kappa shape index (κ1) is 14.4. The van der Waals surface area contributed by atoms with Crippen LogP contribution in [0.5, 0.6) is 11.5 Å². The van der Waals surface area contributed by atoms with E-state index >= 15 is 0 Å². The number of nitriles is 1. The van der Waals surface area contributed by atoms with E-state index in [1.54, 1.807) is 12.1 Å². The summed E-state index contributed by atoms with van der Waals surface area (Å²) in [5.74, 6) is 0.933. The van der Waals surface area contributed by atoms with Crippen molar-refractivity contribution < 1.29 is 9.84 Å². The smallest absolute Gasteiger partial charge is 0.123 e. The van der Waals surface area contributed by atoms with E-state index in [4.69, 9.17) is 10.00 Å². The van der Waals surface area contributed by atoms with Crippen molar-refractivity contribution >= 4 is 0 Å². The first-order chi connectivity index (χ1) is 8.43. The Balaban J connectivity index is 2.28. The maximum absolute atomic E-state index is 9.42. The molecule has 1 aromatic rings. The molecule has 0 aliphatic carbocycles. The fourth-order valence-corrected chi connectivity index (χ4v) is 1.73. The minimum atomic E-state index is -0.248. The summed E-state index contributed by atoms with van der Waals surface area (Å²) in [6, 6.07) is 7.51.